The zero-order valence-electron chi connectivity index (χ0n) is 8.68. The first-order valence-corrected chi connectivity index (χ1v) is 5.54. The fraction of sp³-hybridized carbons (Fsp3) is 0.538. The largest absolute Gasteiger partial charge is 0.493 e. The second kappa shape index (κ2) is 2.75. The van der Waals surface area contributed by atoms with Crippen molar-refractivity contribution in [3.05, 3.63) is 29.3 Å². The van der Waals surface area contributed by atoms with E-state index in [0.29, 0.717) is 5.41 Å². The van der Waals surface area contributed by atoms with E-state index in [0.717, 1.165) is 12.4 Å². The van der Waals surface area contributed by atoms with Gasteiger partial charge in [0.15, 0.2) is 0 Å². The molecule has 0 bridgehead atoms. The summed E-state index contributed by atoms with van der Waals surface area (Å²) in [7, 11) is 0. The first-order valence-electron chi connectivity index (χ1n) is 5.54. The van der Waals surface area contributed by atoms with E-state index in [2.05, 4.69) is 25.1 Å². The maximum absolute atomic E-state index is 5.61. The van der Waals surface area contributed by atoms with Crippen LogP contribution in [-0.4, -0.2) is 6.61 Å². The van der Waals surface area contributed by atoms with Crippen molar-refractivity contribution in [1.82, 2.24) is 0 Å². The van der Waals surface area contributed by atoms with Crippen LogP contribution in [0, 0.1) is 0 Å². The number of aryl methyl sites for hydroxylation is 1. The Hall–Kier alpha value is -0.980. The molecule has 3 rings (SSSR count). The molecule has 0 unspecified atom stereocenters. The maximum atomic E-state index is 5.61. The molecular weight excluding hydrogens is 172 g/mol. The van der Waals surface area contributed by atoms with Gasteiger partial charge in [-0.2, -0.15) is 0 Å². The number of benzene rings is 1. The van der Waals surface area contributed by atoms with E-state index < -0.39 is 0 Å². The molecule has 0 saturated heterocycles. The second-order valence-corrected chi connectivity index (χ2v) is 4.84. The number of ether oxygens (including phenoxy) is 1. The Balaban J connectivity index is 2.01. The molecule has 0 aromatic heterocycles. The summed E-state index contributed by atoms with van der Waals surface area (Å²) in [5.41, 5.74) is 3.43. The average Bonchev–Trinajstić information content (AvgIpc) is 2.97. The number of fused-ring (bicyclic) bond motifs is 1. The molecule has 1 aromatic rings. The predicted octanol–water partition coefficient (Wildman–Crippen LogP) is 3.06. The molecule has 0 amide bonds. The van der Waals surface area contributed by atoms with Crippen LogP contribution in [0.25, 0.3) is 0 Å². The summed E-state index contributed by atoms with van der Waals surface area (Å²) in [6.07, 6.45) is 5.08. The van der Waals surface area contributed by atoms with Crippen molar-refractivity contribution in [2.45, 2.75) is 38.0 Å². The minimum Gasteiger partial charge on any atom is -0.493 e. The summed E-state index contributed by atoms with van der Waals surface area (Å²) < 4.78 is 5.61. The Bertz CT molecular complexity index is 363. The van der Waals surface area contributed by atoms with Gasteiger partial charge in [0.2, 0.25) is 0 Å². The Morgan fingerprint density at radius 3 is 2.93 bits per heavy atom. The molecule has 0 N–H and O–H groups in total. The van der Waals surface area contributed by atoms with Crippen LogP contribution in [0.1, 0.15) is 37.3 Å². The molecule has 14 heavy (non-hydrogen) atoms. The molecule has 1 heterocycles. The summed E-state index contributed by atoms with van der Waals surface area (Å²) >= 11 is 0. The monoisotopic (exact) mass is 188 g/mol. The van der Waals surface area contributed by atoms with Gasteiger partial charge in [0.05, 0.1) is 6.61 Å². The Morgan fingerprint density at radius 2 is 2.14 bits per heavy atom. The van der Waals surface area contributed by atoms with E-state index in [1.54, 1.807) is 0 Å². The second-order valence-electron chi connectivity index (χ2n) is 4.84. The van der Waals surface area contributed by atoms with E-state index in [1.807, 2.05) is 0 Å². The molecule has 1 heteroatoms. The van der Waals surface area contributed by atoms with Gasteiger partial charge in [0, 0.05) is 0 Å². The molecule has 1 saturated carbocycles. The summed E-state index contributed by atoms with van der Waals surface area (Å²) in [6.45, 7) is 3.25. The molecule has 1 fully saturated rings. The van der Waals surface area contributed by atoms with Gasteiger partial charge in [0.1, 0.15) is 5.75 Å². The van der Waals surface area contributed by atoms with Gasteiger partial charge in [-0.1, -0.05) is 19.1 Å². The van der Waals surface area contributed by atoms with E-state index in [-0.39, 0.29) is 0 Å². The minimum absolute atomic E-state index is 0.493. The topological polar surface area (TPSA) is 9.23 Å². The fourth-order valence-corrected chi connectivity index (χ4v) is 2.21. The van der Waals surface area contributed by atoms with Crippen molar-refractivity contribution in [1.29, 1.82) is 0 Å². The molecule has 0 radical (unpaired) electrons. The lowest BCUT2D eigenvalue weighted by molar-refractivity contribution is 0.288. The first-order chi connectivity index (χ1) is 6.78. The molecule has 74 valence electrons. The summed E-state index contributed by atoms with van der Waals surface area (Å²) in [4.78, 5) is 0. The third-order valence-corrected chi connectivity index (χ3v) is 3.61. The molecule has 0 spiro atoms. The van der Waals surface area contributed by atoms with E-state index in [4.69, 9.17) is 4.74 Å². The molecule has 1 aliphatic heterocycles. The smallest absolute Gasteiger partial charge is 0.122 e. The molecule has 1 aliphatic carbocycles. The van der Waals surface area contributed by atoms with Gasteiger partial charge in [0.25, 0.3) is 0 Å². The summed E-state index contributed by atoms with van der Waals surface area (Å²) in [6, 6.07) is 6.77. The SMILES string of the molecule is CC1(c2ccc3c(c2)CCCO3)CC1. The highest BCUT2D eigenvalue weighted by atomic mass is 16.5. The number of hydrogen-bond acceptors (Lipinski definition) is 1. The van der Waals surface area contributed by atoms with E-state index in [9.17, 15) is 0 Å². The summed E-state index contributed by atoms with van der Waals surface area (Å²) in [5.74, 6) is 1.12. The normalized spacial score (nSPS) is 22.4. The first kappa shape index (κ1) is 8.34. The van der Waals surface area contributed by atoms with E-state index >= 15 is 0 Å². The van der Waals surface area contributed by atoms with Gasteiger partial charge in [-0.3, -0.25) is 0 Å². The standard InChI is InChI=1S/C13H16O/c1-13(6-7-13)11-4-5-12-10(9-11)3-2-8-14-12/h4-5,9H,2-3,6-8H2,1H3. The zero-order valence-corrected chi connectivity index (χ0v) is 8.68. The Kier molecular flexibility index (Phi) is 1.64. The maximum Gasteiger partial charge on any atom is 0.122 e. The lowest BCUT2D eigenvalue weighted by atomic mass is 9.94. The third kappa shape index (κ3) is 1.23. The van der Waals surface area contributed by atoms with Crippen LogP contribution in [0.2, 0.25) is 0 Å². The fourth-order valence-electron chi connectivity index (χ4n) is 2.21. The average molecular weight is 188 g/mol. The van der Waals surface area contributed by atoms with E-state index in [1.165, 1.54) is 36.8 Å². The van der Waals surface area contributed by atoms with Crippen molar-refractivity contribution >= 4 is 0 Å². The van der Waals surface area contributed by atoms with Crippen molar-refractivity contribution < 1.29 is 4.74 Å². The third-order valence-electron chi connectivity index (χ3n) is 3.61. The predicted molar refractivity (Wildman–Crippen MR) is 56.8 cm³/mol. The molecule has 1 aromatic carbocycles. The molecular formula is C13H16O. The van der Waals surface area contributed by atoms with Crippen LogP contribution < -0.4 is 4.74 Å². The molecule has 0 atom stereocenters. The van der Waals surface area contributed by atoms with Gasteiger partial charge < -0.3 is 4.74 Å². The van der Waals surface area contributed by atoms with Crippen LogP contribution in [0.3, 0.4) is 0 Å². The van der Waals surface area contributed by atoms with Gasteiger partial charge in [-0.05, 0) is 48.3 Å². The highest BCUT2D eigenvalue weighted by molar-refractivity contribution is 5.42. The van der Waals surface area contributed by atoms with Crippen molar-refractivity contribution in [2.75, 3.05) is 6.61 Å². The van der Waals surface area contributed by atoms with Crippen LogP contribution in [-0.2, 0) is 11.8 Å². The van der Waals surface area contributed by atoms with Crippen LogP contribution in [0.4, 0.5) is 0 Å². The Morgan fingerprint density at radius 1 is 1.29 bits per heavy atom. The van der Waals surface area contributed by atoms with Crippen molar-refractivity contribution in [3.8, 4) is 5.75 Å². The number of rotatable bonds is 1. The van der Waals surface area contributed by atoms with Gasteiger partial charge in [-0.25, -0.2) is 0 Å². The summed E-state index contributed by atoms with van der Waals surface area (Å²) in [5, 5.41) is 0. The highest BCUT2D eigenvalue weighted by Crippen LogP contribution is 2.48. The van der Waals surface area contributed by atoms with Crippen molar-refractivity contribution in [3.63, 3.8) is 0 Å². The quantitative estimate of drug-likeness (QED) is 0.658. The Labute approximate surface area is 85.1 Å². The lowest BCUT2D eigenvalue weighted by Crippen LogP contribution is -2.10. The molecule has 1 nitrogen and oxygen atoms in total. The van der Waals surface area contributed by atoms with Gasteiger partial charge in [-0.15, -0.1) is 0 Å². The van der Waals surface area contributed by atoms with Crippen LogP contribution in [0.15, 0.2) is 18.2 Å². The number of hydrogen-bond donors (Lipinski definition) is 0. The van der Waals surface area contributed by atoms with Crippen molar-refractivity contribution in [2.24, 2.45) is 0 Å². The minimum atomic E-state index is 0.493. The zero-order chi connectivity index (χ0) is 9.60. The van der Waals surface area contributed by atoms with Gasteiger partial charge >= 0.3 is 0 Å². The van der Waals surface area contributed by atoms with Crippen LogP contribution in [0.5, 0.6) is 5.75 Å². The van der Waals surface area contributed by atoms with Crippen LogP contribution >= 0.6 is 0 Å². The lowest BCUT2D eigenvalue weighted by Gasteiger charge is -2.19. The molecule has 2 aliphatic rings. The highest BCUT2D eigenvalue weighted by Gasteiger charge is 2.39.